The fourth-order valence-corrected chi connectivity index (χ4v) is 3.57. The minimum Gasteiger partial charge on any atom is -0.377 e. The van der Waals surface area contributed by atoms with Crippen LogP contribution in [0.1, 0.15) is 41.8 Å². The highest BCUT2D eigenvalue weighted by molar-refractivity contribution is 7.89. The molecule has 2 N–H and O–H groups in total. The van der Waals surface area contributed by atoms with Gasteiger partial charge in [-0.3, -0.25) is 4.79 Å². The van der Waals surface area contributed by atoms with Gasteiger partial charge in [0.05, 0.1) is 11.5 Å². The van der Waals surface area contributed by atoms with Crippen LogP contribution in [0.2, 0.25) is 0 Å². The second kappa shape index (κ2) is 10.2. The Labute approximate surface area is 161 Å². The van der Waals surface area contributed by atoms with Gasteiger partial charge in [-0.15, -0.1) is 0 Å². The predicted octanol–water partition coefficient (Wildman–Crippen LogP) is 2.84. The van der Waals surface area contributed by atoms with E-state index in [0.717, 1.165) is 17.5 Å². The first-order chi connectivity index (χ1) is 13.0. The minimum absolute atomic E-state index is 0.138. The number of amides is 1. The lowest BCUT2D eigenvalue weighted by atomic mass is 10.1. The zero-order valence-electron chi connectivity index (χ0n) is 15.7. The minimum atomic E-state index is -3.52. The van der Waals surface area contributed by atoms with E-state index < -0.39 is 10.0 Å². The van der Waals surface area contributed by atoms with E-state index in [4.69, 9.17) is 4.74 Å². The van der Waals surface area contributed by atoms with Gasteiger partial charge < -0.3 is 10.1 Å². The fourth-order valence-electron chi connectivity index (χ4n) is 2.53. The zero-order valence-corrected chi connectivity index (χ0v) is 16.5. The maximum atomic E-state index is 12.4. The lowest BCUT2D eigenvalue weighted by molar-refractivity contribution is 0.0949. The molecule has 0 aromatic heterocycles. The third-order valence-corrected chi connectivity index (χ3v) is 5.49. The smallest absolute Gasteiger partial charge is 0.251 e. The molecular weight excluding hydrogens is 364 g/mol. The Morgan fingerprint density at radius 2 is 1.67 bits per heavy atom. The van der Waals surface area contributed by atoms with Crippen LogP contribution in [0.4, 0.5) is 0 Å². The highest BCUT2D eigenvalue weighted by Crippen LogP contribution is 2.13. The van der Waals surface area contributed by atoms with Gasteiger partial charge >= 0.3 is 0 Å². The first-order valence-electron chi connectivity index (χ1n) is 9.00. The fraction of sp³-hybridized carbons (Fsp3) is 0.350. The van der Waals surface area contributed by atoms with E-state index in [1.807, 2.05) is 24.3 Å². The summed E-state index contributed by atoms with van der Waals surface area (Å²) < 4.78 is 31.9. The highest BCUT2D eigenvalue weighted by atomic mass is 32.2. The molecule has 0 saturated carbocycles. The van der Waals surface area contributed by atoms with Crippen molar-refractivity contribution in [3.05, 3.63) is 65.2 Å². The van der Waals surface area contributed by atoms with Crippen LogP contribution in [-0.4, -0.2) is 27.5 Å². The van der Waals surface area contributed by atoms with E-state index in [9.17, 15) is 13.2 Å². The molecule has 0 bridgehead atoms. The third kappa shape index (κ3) is 6.16. The number of hydrogen-bond donors (Lipinski definition) is 2. The van der Waals surface area contributed by atoms with Crippen LogP contribution in [0.5, 0.6) is 0 Å². The second-order valence-electron chi connectivity index (χ2n) is 6.03. The van der Waals surface area contributed by atoms with Gasteiger partial charge in [-0.1, -0.05) is 38.1 Å². The molecule has 2 rings (SSSR count). The van der Waals surface area contributed by atoms with Crippen LogP contribution in [0, 0.1) is 0 Å². The molecule has 7 heteroatoms. The molecule has 0 radical (unpaired) electrons. The van der Waals surface area contributed by atoms with E-state index in [0.29, 0.717) is 31.9 Å². The van der Waals surface area contributed by atoms with Gasteiger partial charge in [0.2, 0.25) is 10.0 Å². The van der Waals surface area contributed by atoms with E-state index in [-0.39, 0.29) is 10.8 Å². The van der Waals surface area contributed by atoms with Crippen molar-refractivity contribution < 1.29 is 17.9 Å². The van der Waals surface area contributed by atoms with Crippen molar-refractivity contribution in [3.63, 3.8) is 0 Å². The number of carbonyl (C=O) groups excluding carboxylic acids is 1. The van der Waals surface area contributed by atoms with Crippen molar-refractivity contribution in [2.45, 2.75) is 38.3 Å². The Morgan fingerprint density at radius 3 is 2.30 bits per heavy atom. The van der Waals surface area contributed by atoms with Gasteiger partial charge in [0.1, 0.15) is 0 Å². The maximum Gasteiger partial charge on any atom is 0.251 e. The molecule has 2 aromatic carbocycles. The first kappa shape index (κ1) is 21.1. The monoisotopic (exact) mass is 390 g/mol. The van der Waals surface area contributed by atoms with Crippen molar-refractivity contribution in [2.24, 2.45) is 0 Å². The van der Waals surface area contributed by atoms with Crippen molar-refractivity contribution >= 4 is 15.9 Å². The molecule has 0 aliphatic carbocycles. The molecule has 0 unspecified atom stereocenters. The first-order valence-corrected chi connectivity index (χ1v) is 10.5. The Morgan fingerprint density at radius 1 is 1.00 bits per heavy atom. The van der Waals surface area contributed by atoms with E-state index in [1.54, 1.807) is 6.92 Å². The molecule has 0 spiro atoms. The van der Waals surface area contributed by atoms with E-state index >= 15 is 0 Å². The topological polar surface area (TPSA) is 84.5 Å². The van der Waals surface area contributed by atoms with Gasteiger partial charge in [-0.2, -0.15) is 0 Å². The molecule has 2 aromatic rings. The Kier molecular flexibility index (Phi) is 7.97. The number of nitrogens with one attached hydrogen (secondary N) is 2. The molecule has 1 amide bonds. The molecular formula is C20H26N2O4S. The van der Waals surface area contributed by atoms with Crippen molar-refractivity contribution in [1.29, 1.82) is 0 Å². The van der Waals surface area contributed by atoms with Crippen LogP contribution in [0.15, 0.2) is 53.4 Å². The Hall–Kier alpha value is -2.22. The number of rotatable bonds is 10. The number of sulfonamides is 1. The number of carbonyl (C=O) groups is 1. The largest absolute Gasteiger partial charge is 0.377 e. The summed E-state index contributed by atoms with van der Waals surface area (Å²) in [6, 6.07) is 13.7. The summed E-state index contributed by atoms with van der Waals surface area (Å²) in [6.07, 6.45) is 0.957. The van der Waals surface area contributed by atoms with Crippen LogP contribution in [0.3, 0.4) is 0 Å². The lowest BCUT2D eigenvalue weighted by Gasteiger charge is -2.11. The van der Waals surface area contributed by atoms with Crippen molar-refractivity contribution in [3.8, 4) is 0 Å². The summed E-state index contributed by atoms with van der Waals surface area (Å²) in [7, 11) is -3.52. The summed E-state index contributed by atoms with van der Waals surface area (Å²) >= 11 is 0. The average Bonchev–Trinajstić information content (AvgIpc) is 2.67. The molecule has 0 saturated heterocycles. The molecule has 0 aliphatic rings. The summed E-state index contributed by atoms with van der Waals surface area (Å²) in [5, 5.41) is 2.87. The molecule has 0 aliphatic heterocycles. The van der Waals surface area contributed by atoms with Gasteiger partial charge in [-0.05, 0) is 41.8 Å². The Bertz CT molecular complexity index is 849. The van der Waals surface area contributed by atoms with E-state index in [2.05, 4.69) is 17.0 Å². The summed E-state index contributed by atoms with van der Waals surface area (Å²) in [6.45, 7) is 5.67. The SMILES string of the molecule is CCCOCc1ccccc1CNC(=O)c1ccc(S(=O)(=O)NCC)cc1. The maximum absolute atomic E-state index is 12.4. The van der Waals surface area contributed by atoms with Gasteiger partial charge in [0, 0.05) is 25.3 Å². The number of benzene rings is 2. The average molecular weight is 391 g/mol. The molecule has 27 heavy (non-hydrogen) atoms. The number of ether oxygens (including phenoxy) is 1. The molecule has 6 nitrogen and oxygen atoms in total. The molecule has 146 valence electrons. The number of hydrogen-bond acceptors (Lipinski definition) is 4. The highest BCUT2D eigenvalue weighted by Gasteiger charge is 2.14. The lowest BCUT2D eigenvalue weighted by Crippen LogP contribution is -2.25. The van der Waals surface area contributed by atoms with Crippen molar-refractivity contribution in [2.75, 3.05) is 13.2 Å². The predicted molar refractivity (Wildman–Crippen MR) is 105 cm³/mol. The third-order valence-electron chi connectivity index (χ3n) is 3.92. The molecule has 0 fully saturated rings. The van der Waals surface area contributed by atoms with Crippen LogP contribution < -0.4 is 10.0 Å². The van der Waals surface area contributed by atoms with Crippen molar-refractivity contribution in [1.82, 2.24) is 10.0 Å². The normalized spacial score (nSPS) is 11.3. The van der Waals surface area contributed by atoms with Crippen LogP contribution >= 0.6 is 0 Å². The quantitative estimate of drug-likeness (QED) is 0.611. The standard InChI is InChI=1S/C20H26N2O4S/c1-3-13-26-15-18-8-6-5-7-17(18)14-21-20(23)16-9-11-19(12-10-16)27(24,25)22-4-2/h5-12,22H,3-4,13-15H2,1-2H3,(H,21,23). The molecule has 0 atom stereocenters. The second-order valence-corrected chi connectivity index (χ2v) is 7.80. The summed E-state index contributed by atoms with van der Waals surface area (Å²) in [5.41, 5.74) is 2.44. The Balaban J connectivity index is 2.00. The summed E-state index contributed by atoms with van der Waals surface area (Å²) in [4.78, 5) is 12.5. The van der Waals surface area contributed by atoms with Gasteiger partial charge in [0.15, 0.2) is 0 Å². The zero-order chi connectivity index (χ0) is 19.7. The molecule has 0 heterocycles. The van der Waals surface area contributed by atoms with Gasteiger partial charge in [-0.25, -0.2) is 13.1 Å². The van der Waals surface area contributed by atoms with Gasteiger partial charge in [0.25, 0.3) is 5.91 Å². The summed E-state index contributed by atoms with van der Waals surface area (Å²) in [5.74, 6) is -0.258. The van der Waals surface area contributed by atoms with Crippen LogP contribution in [-0.2, 0) is 27.9 Å². The van der Waals surface area contributed by atoms with Crippen LogP contribution in [0.25, 0.3) is 0 Å². The van der Waals surface area contributed by atoms with E-state index in [1.165, 1.54) is 24.3 Å².